The summed E-state index contributed by atoms with van der Waals surface area (Å²) in [7, 11) is 0. The molecule has 0 aliphatic heterocycles. The summed E-state index contributed by atoms with van der Waals surface area (Å²) in [5, 5.41) is 13.1. The van der Waals surface area contributed by atoms with E-state index in [9.17, 15) is 4.79 Å². The number of carboxylic acids is 1. The Morgan fingerprint density at radius 3 is 2.79 bits per heavy atom. The fourth-order valence-electron chi connectivity index (χ4n) is 1.60. The number of carbonyl (C=O) groups is 1. The van der Waals surface area contributed by atoms with Crippen LogP contribution in [0.3, 0.4) is 0 Å². The number of hydrogen-bond acceptors (Lipinski definition) is 4. The maximum absolute atomic E-state index is 11.0. The molecule has 100 valence electrons. The first-order chi connectivity index (χ1) is 8.99. The summed E-state index contributed by atoms with van der Waals surface area (Å²) in [6, 6.07) is 4.86. The van der Waals surface area contributed by atoms with Gasteiger partial charge < -0.3 is 15.6 Å². The van der Waals surface area contributed by atoms with Gasteiger partial charge in [-0.1, -0.05) is 6.07 Å². The van der Waals surface area contributed by atoms with E-state index in [0.717, 1.165) is 0 Å². The first-order valence-electron chi connectivity index (χ1n) is 5.83. The molecule has 0 bridgehead atoms. The summed E-state index contributed by atoms with van der Waals surface area (Å²) < 4.78 is 7.30. The number of nitrogens with two attached hydrogens (primary N) is 1. The zero-order valence-electron chi connectivity index (χ0n) is 10.7. The zero-order valence-corrected chi connectivity index (χ0v) is 10.7. The summed E-state index contributed by atoms with van der Waals surface area (Å²) in [4.78, 5) is 11.0. The highest BCUT2D eigenvalue weighted by atomic mass is 16.5. The molecule has 6 nitrogen and oxygen atoms in total. The summed E-state index contributed by atoms with van der Waals surface area (Å²) in [6.45, 7) is 3.99. The minimum absolute atomic E-state index is 0.0220. The highest BCUT2D eigenvalue weighted by Crippen LogP contribution is 2.30. The zero-order chi connectivity index (χ0) is 14.0. The summed E-state index contributed by atoms with van der Waals surface area (Å²) in [5.41, 5.74) is 5.89. The van der Waals surface area contributed by atoms with Gasteiger partial charge >= 0.3 is 5.97 Å². The lowest BCUT2D eigenvalue weighted by Crippen LogP contribution is -2.03. The summed E-state index contributed by atoms with van der Waals surface area (Å²) >= 11 is 0. The van der Waals surface area contributed by atoms with Crippen molar-refractivity contribution in [2.24, 2.45) is 0 Å². The van der Waals surface area contributed by atoms with E-state index < -0.39 is 5.97 Å². The average Bonchev–Trinajstić information content (AvgIpc) is 2.80. The van der Waals surface area contributed by atoms with Crippen LogP contribution in [0.5, 0.6) is 11.5 Å². The molecule has 0 amide bonds. The number of nitrogens with zero attached hydrogens (tertiary/aromatic N) is 2. The molecular weight excluding hydrogens is 246 g/mol. The van der Waals surface area contributed by atoms with E-state index in [1.165, 1.54) is 6.07 Å². The highest BCUT2D eigenvalue weighted by Gasteiger charge is 2.13. The van der Waals surface area contributed by atoms with Crippen LogP contribution in [0.15, 0.2) is 30.6 Å². The molecule has 1 heterocycles. The standard InChI is InChI=1S/C13H15N3O3/c1-8(2)16-7-9(6-15-16)19-11-5-3-4-10(12(11)14)13(17)18/h3-8H,14H2,1-2H3,(H,17,18). The largest absolute Gasteiger partial charge is 0.478 e. The number of aromatic nitrogens is 2. The Labute approximate surface area is 110 Å². The van der Waals surface area contributed by atoms with Crippen LogP contribution < -0.4 is 10.5 Å². The molecule has 1 aromatic carbocycles. The van der Waals surface area contributed by atoms with Crippen molar-refractivity contribution in [2.75, 3.05) is 5.73 Å². The number of carboxylic acid groups (broad SMARTS) is 1. The van der Waals surface area contributed by atoms with E-state index in [0.29, 0.717) is 11.5 Å². The molecule has 6 heteroatoms. The van der Waals surface area contributed by atoms with E-state index in [4.69, 9.17) is 15.6 Å². The molecule has 0 saturated heterocycles. The number of aromatic carboxylic acids is 1. The molecule has 0 fully saturated rings. The Morgan fingerprint density at radius 2 is 2.21 bits per heavy atom. The van der Waals surface area contributed by atoms with Gasteiger partial charge in [0.15, 0.2) is 11.5 Å². The Hall–Kier alpha value is -2.50. The lowest BCUT2D eigenvalue weighted by atomic mass is 10.1. The maximum Gasteiger partial charge on any atom is 0.337 e. The van der Waals surface area contributed by atoms with Crippen molar-refractivity contribution in [3.8, 4) is 11.5 Å². The van der Waals surface area contributed by atoms with E-state index >= 15 is 0 Å². The van der Waals surface area contributed by atoms with Gasteiger partial charge in [-0.3, -0.25) is 4.68 Å². The molecular formula is C13H15N3O3. The SMILES string of the molecule is CC(C)n1cc(Oc2cccc(C(=O)O)c2N)cn1. The van der Waals surface area contributed by atoms with E-state index in [-0.39, 0.29) is 17.3 Å². The van der Waals surface area contributed by atoms with Crippen molar-refractivity contribution >= 4 is 11.7 Å². The van der Waals surface area contributed by atoms with Crippen LogP contribution in [0.1, 0.15) is 30.2 Å². The molecule has 19 heavy (non-hydrogen) atoms. The van der Waals surface area contributed by atoms with Crippen molar-refractivity contribution in [3.63, 3.8) is 0 Å². The molecule has 0 radical (unpaired) electrons. The van der Waals surface area contributed by atoms with Crippen LogP contribution >= 0.6 is 0 Å². The number of rotatable bonds is 4. The monoisotopic (exact) mass is 261 g/mol. The molecule has 0 saturated carbocycles. The number of nitrogen functional groups attached to an aromatic ring is 1. The average molecular weight is 261 g/mol. The molecule has 2 rings (SSSR count). The number of anilines is 1. The Kier molecular flexibility index (Phi) is 3.41. The Morgan fingerprint density at radius 1 is 1.47 bits per heavy atom. The fourth-order valence-corrected chi connectivity index (χ4v) is 1.60. The number of benzene rings is 1. The smallest absolute Gasteiger partial charge is 0.337 e. The van der Waals surface area contributed by atoms with Crippen LogP contribution in [0.2, 0.25) is 0 Å². The molecule has 0 unspecified atom stereocenters. The van der Waals surface area contributed by atoms with Gasteiger partial charge in [-0.15, -0.1) is 0 Å². The maximum atomic E-state index is 11.0. The Bertz CT molecular complexity index is 605. The van der Waals surface area contributed by atoms with Gasteiger partial charge in [0.25, 0.3) is 0 Å². The topological polar surface area (TPSA) is 90.4 Å². The van der Waals surface area contributed by atoms with E-state index in [2.05, 4.69) is 5.10 Å². The highest BCUT2D eigenvalue weighted by molar-refractivity contribution is 5.95. The predicted octanol–water partition coefficient (Wildman–Crippen LogP) is 2.54. The summed E-state index contributed by atoms with van der Waals surface area (Å²) in [6.07, 6.45) is 3.30. The predicted molar refractivity (Wildman–Crippen MR) is 70.5 cm³/mol. The third kappa shape index (κ3) is 2.67. The van der Waals surface area contributed by atoms with Crippen molar-refractivity contribution in [1.82, 2.24) is 9.78 Å². The lowest BCUT2D eigenvalue weighted by Gasteiger charge is -2.08. The first-order valence-corrected chi connectivity index (χ1v) is 5.83. The van der Waals surface area contributed by atoms with Gasteiger partial charge in [0, 0.05) is 6.04 Å². The second-order valence-electron chi connectivity index (χ2n) is 4.37. The first kappa shape index (κ1) is 12.9. The molecule has 0 spiro atoms. The number of para-hydroxylation sites is 1. The second kappa shape index (κ2) is 5.01. The van der Waals surface area contributed by atoms with Gasteiger partial charge in [0.2, 0.25) is 0 Å². The molecule has 1 aromatic heterocycles. The quantitative estimate of drug-likeness (QED) is 0.825. The normalized spacial score (nSPS) is 10.7. The van der Waals surface area contributed by atoms with E-state index in [1.807, 2.05) is 13.8 Å². The van der Waals surface area contributed by atoms with Gasteiger partial charge in [-0.25, -0.2) is 4.79 Å². The van der Waals surface area contributed by atoms with Crippen LogP contribution in [0, 0.1) is 0 Å². The number of hydrogen-bond donors (Lipinski definition) is 2. The van der Waals surface area contributed by atoms with Crippen LogP contribution in [0.25, 0.3) is 0 Å². The lowest BCUT2D eigenvalue weighted by molar-refractivity contribution is 0.0697. The third-order valence-electron chi connectivity index (χ3n) is 2.63. The second-order valence-corrected chi connectivity index (χ2v) is 4.37. The minimum Gasteiger partial charge on any atom is -0.478 e. The van der Waals surface area contributed by atoms with Crippen molar-refractivity contribution in [2.45, 2.75) is 19.9 Å². The van der Waals surface area contributed by atoms with Crippen LogP contribution in [-0.4, -0.2) is 20.9 Å². The van der Waals surface area contributed by atoms with Crippen molar-refractivity contribution < 1.29 is 14.6 Å². The molecule has 0 aliphatic carbocycles. The van der Waals surface area contributed by atoms with Crippen LogP contribution in [-0.2, 0) is 0 Å². The molecule has 3 N–H and O–H groups in total. The van der Waals surface area contributed by atoms with E-state index in [1.54, 1.807) is 29.2 Å². The van der Waals surface area contributed by atoms with Gasteiger partial charge in [-0.05, 0) is 26.0 Å². The van der Waals surface area contributed by atoms with Crippen LogP contribution in [0.4, 0.5) is 5.69 Å². The third-order valence-corrected chi connectivity index (χ3v) is 2.63. The minimum atomic E-state index is -1.08. The van der Waals surface area contributed by atoms with Gasteiger partial charge in [0.05, 0.1) is 23.6 Å². The molecule has 0 atom stereocenters. The van der Waals surface area contributed by atoms with Crippen molar-refractivity contribution in [1.29, 1.82) is 0 Å². The van der Waals surface area contributed by atoms with Gasteiger partial charge in [0.1, 0.15) is 0 Å². The fraction of sp³-hybridized carbons (Fsp3) is 0.231. The van der Waals surface area contributed by atoms with Crippen molar-refractivity contribution in [3.05, 3.63) is 36.2 Å². The number of ether oxygens (including phenoxy) is 1. The molecule has 2 aromatic rings. The Balaban J connectivity index is 2.28. The summed E-state index contributed by atoms with van der Waals surface area (Å²) in [5.74, 6) is -0.257. The molecule has 0 aliphatic rings. The van der Waals surface area contributed by atoms with Gasteiger partial charge in [-0.2, -0.15) is 5.10 Å².